The average molecular weight is 211 g/mol. The highest BCUT2D eigenvalue weighted by Crippen LogP contribution is 2.37. The lowest BCUT2D eigenvalue weighted by molar-refractivity contribution is -0.143. The van der Waals surface area contributed by atoms with Crippen molar-refractivity contribution in [1.29, 1.82) is 5.26 Å². The molecule has 0 unspecified atom stereocenters. The molecule has 0 saturated heterocycles. The number of hydroxylamine groups is 1. The van der Waals surface area contributed by atoms with Crippen LogP contribution in [0.4, 0.5) is 0 Å². The third-order valence-corrected chi connectivity index (χ3v) is 2.49. The molecule has 1 saturated carbocycles. The number of nitriles is 1. The minimum atomic E-state index is -0.988. The Balaban J connectivity index is 2.45. The summed E-state index contributed by atoms with van der Waals surface area (Å²) < 4.78 is 0. The maximum atomic E-state index is 11.6. The van der Waals surface area contributed by atoms with Crippen LogP contribution in [0.15, 0.2) is 0 Å². The van der Waals surface area contributed by atoms with E-state index in [1.54, 1.807) is 0 Å². The molecule has 3 N–H and O–H groups in total. The summed E-state index contributed by atoms with van der Waals surface area (Å²) in [4.78, 5) is 26.5. The van der Waals surface area contributed by atoms with Crippen molar-refractivity contribution in [3.05, 3.63) is 0 Å². The van der Waals surface area contributed by atoms with Gasteiger partial charge in [-0.05, 0) is 12.8 Å². The van der Waals surface area contributed by atoms with Crippen molar-refractivity contribution in [3.8, 4) is 6.07 Å². The number of hydrogen-bond acceptors (Lipinski definition) is 4. The molecule has 1 aliphatic carbocycles. The number of carbonyl (C=O) groups excluding carboxylic acids is 2. The second-order valence-electron chi connectivity index (χ2n) is 3.59. The van der Waals surface area contributed by atoms with Gasteiger partial charge in [0.1, 0.15) is 5.41 Å². The van der Waals surface area contributed by atoms with Crippen molar-refractivity contribution >= 4 is 11.8 Å². The number of amides is 2. The molecule has 0 aliphatic heterocycles. The standard InChI is InChI=1S/C9H13N3O3/c10-6-9(3-1-2-4-9)8(14)12-15-5-7(11)13/h1-5H2,(H2,11,13)(H,12,14). The number of rotatable bonds is 4. The molecule has 0 heterocycles. The van der Waals surface area contributed by atoms with Crippen LogP contribution >= 0.6 is 0 Å². The van der Waals surface area contributed by atoms with E-state index in [2.05, 4.69) is 10.3 Å². The molecule has 0 aromatic carbocycles. The first-order valence-corrected chi connectivity index (χ1v) is 4.72. The Morgan fingerprint density at radius 3 is 2.53 bits per heavy atom. The van der Waals surface area contributed by atoms with Crippen molar-refractivity contribution in [2.24, 2.45) is 11.1 Å². The molecule has 82 valence electrons. The number of primary amides is 1. The Kier molecular flexibility index (Phi) is 3.63. The van der Waals surface area contributed by atoms with Gasteiger partial charge in [0, 0.05) is 0 Å². The number of nitrogens with one attached hydrogen (secondary N) is 1. The summed E-state index contributed by atoms with van der Waals surface area (Å²) in [6, 6.07) is 2.01. The second kappa shape index (κ2) is 4.75. The molecule has 0 aromatic heterocycles. The monoisotopic (exact) mass is 211 g/mol. The molecule has 1 fully saturated rings. The first kappa shape index (κ1) is 11.5. The summed E-state index contributed by atoms with van der Waals surface area (Å²) in [6.07, 6.45) is 2.79. The largest absolute Gasteiger partial charge is 0.368 e. The van der Waals surface area contributed by atoms with Gasteiger partial charge in [-0.2, -0.15) is 5.26 Å². The van der Waals surface area contributed by atoms with Gasteiger partial charge in [0.2, 0.25) is 5.91 Å². The SMILES string of the molecule is N#CC1(C(=O)NOCC(N)=O)CCCC1. The average Bonchev–Trinajstić information content (AvgIpc) is 2.66. The summed E-state index contributed by atoms with van der Waals surface area (Å²) in [5, 5.41) is 8.94. The molecule has 1 rings (SSSR count). The molecule has 0 atom stereocenters. The van der Waals surface area contributed by atoms with E-state index in [4.69, 9.17) is 11.0 Å². The van der Waals surface area contributed by atoms with E-state index >= 15 is 0 Å². The van der Waals surface area contributed by atoms with Gasteiger partial charge >= 0.3 is 0 Å². The predicted octanol–water partition coefficient (Wildman–Crippen LogP) is -0.397. The Labute approximate surface area is 87.3 Å². The first-order chi connectivity index (χ1) is 7.10. The predicted molar refractivity (Wildman–Crippen MR) is 49.8 cm³/mol. The zero-order valence-electron chi connectivity index (χ0n) is 8.28. The summed E-state index contributed by atoms with van der Waals surface area (Å²) in [7, 11) is 0. The van der Waals surface area contributed by atoms with Crippen LogP contribution in [0.3, 0.4) is 0 Å². The molecule has 6 heteroatoms. The Morgan fingerprint density at radius 1 is 1.47 bits per heavy atom. The molecule has 0 aromatic rings. The Hall–Kier alpha value is -1.61. The lowest BCUT2D eigenvalue weighted by atomic mass is 9.87. The van der Waals surface area contributed by atoms with E-state index in [1.807, 2.05) is 6.07 Å². The fraction of sp³-hybridized carbons (Fsp3) is 0.667. The van der Waals surface area contributed by atoms with Crippen LogP contribution < -0.4 is 11.2 Å². The third-order valence-electron chi connectivity index (χ3n) is 2.49. The van der Waals surface area contributed by atoms with Crippen molar-refractivity contribution < 1.29 is 14.4 Å². The highest BCUT2D eigenvalue weighted by molar-refractivity contribution is 5.85. The van der Waals surface area contributed by atoms with Gasteiger partial charge in [-0.1, -0.05) is 12.8 Å². The first-order valence-electron chi connectivity index (χ1n) is 4.72. The van der Waals surface area contributed by atoms with Gasteiger partial charge in [0.25, 0.3) is 5.91 Å². The molecule has 0 spiro atoms. The summed E-state index contributed by atoms with van der Waals surface area (Å²) in [5.74, 6) is -1.16. The van der Waals surface area contributed by atoms with Crippen molar-refractivity contribution in [3.63, 3.8) is 0 Å². The van der Waals surface area contributed by atoms with Gasteiger partial charge in [-0.15, -0.1) is 0 Å². The molecule has 0 bridgehead atoms. The highest BCUT2D eigenvalue weighted by Gasteiger charge is 2.41. The molecular weight excluding hydrogens is 198 g/mol. The molecule has 15 heavy (non-hydrogen) atoms. The van der Waals surface area contributed by atoms with Crippen LogP contribution in [0.25, 0.3) is 0 Å². The van der Waals surface area contributed by atoms with Crippen LogP contribution in [0.1, 0.15) is 25.7 Å². The second-order valence-corrected chi connectivity index (χ2v) is 3.59. The van der Waals surface area contributed by atoms with E-state index in [0.29, 0.717) is 12.8 Å². The van der Waals surface area contributed by atoms with Crippen LogP contribution in [0, 0.1) is 16.7 Å². The third kappa shape index (κ3) is 2.67. The zero-order chi connectivity index (χ0) is 11.3. The number of hydrogen-bond donors (Lipinski definition) is 2. The van der Waals surface area contributed by atoms with Gasteiger partial charge in [0.15, 0.2) is 6.61 Å². The lowest BCUT2D eigenvalue weighted by Gasteiger charge is -2.18. The maximum absolute atomic E-state index is 11.6. The zero-order valence-corrected chi connectivity index (χ0v) is 8.28. The summed E-state index contributed by atoms with van der Waals surface area (Å²) >= 11 is 0. The van der Waals surface area contributed by atoms with Gasteiger partial charge in [0.05, 0.1) is 6.07 Å². The van der Waals surface area contributed by atoms with E-state index in [1.165, 1.54) is 0 Å². The van der Waals surface area contributed by atoms with Crippen molar-refractivity contribution in [2.45, 2.75) is 25.7 Å². The highest BCUT2D eigenvalue weighted by atomic mass is 16.7. The van der Waals surface area contributed by atoms with Crippen LogP contribution in [-0.4, -0.2) is 18.4 Å². The van der Waals surface area contributed by atoms with E-state index in [-0.39, 0.29) is 6.61 Å². The van der Waals surface area contributed by atoms with E-state index in [9.17, 15) is 9.59 Å². The lowest BCUT2D eigenvalue weighted by Crippen LogP contribution is -2.39. The number of nitrogens with two attached hydrogens (primary N) is 1. The smallest absolute Gasteiger partial charge is 0.264 e. The number of nitrogens with zero attached hydrogens (tertiary/aromatic N) is 1. The normalized spacial score (nSPS) is 18.1. The van der Waals surface area contributed by atoms with Crippen molar-refractivity contribution in [1.82, 2.24) is 5.48 Å². The van der Waals surface area contributed by atoms with Crippen LogP contribution in [0.5, 0.6) is 0 Å². The molecule has 1 aliphatic rings. The fourth-order valence-electron chi connectivity index (χ4n) is 1.64. The molecule has 0 radical (unpaired) electrons. The summed E-state index contributed by atoms with van der Waals surface area (Å²) in [5.41, 5.74) is 5.91. The minimum absolute atomic E-state index is 0.382. The molecule has 6 nitrogen and oxygen atoms in total. The van der Waals surface area contributed by atoms with E-state index < -0.39 is 17.2 Å². The molecular formula is C9H13N3O3. The Morgan fingerprint density at radius 2 is 2.07 bits per heavy atom. The quantitative estimate of drug-likeness (QED) is 0.617. The van der Waals surface area contributed by atoms with Crippen LogP contribution in [-0.2, 0) is 14.4 Å². The van der Waals surface area contributed by atoms with Gasteiger partial charge in [-0.25, -0.2) is 5.48 Å². The number of carbonyl (C=O) groups is 2. The molecule has 2 amide bonds. The minimum Gasteiger partial charge on any atom is -0.368 e. The van der Waals surface area contributed by atoms with E-state index in [0.717, 1.165) is 12.8 Å². The van der Waals surface area contributed by atoms with Gasteiger partial charge < -0.3 is 5.73 Å². The summed E-state index contributed by atoms with van der Waals surface area (Å²) in [6.45, 7) is -0.382. The van der Waals surface area contributed by atoms with Crippen LogP contribution in [0.2, 0.25) is 0 Å². The fourth-order valence-corrected chi connectivity index (χ4v) is 1.64. The topological polar surface area (TPSA) is 105 Å². The Bertz CT molecular complexity index is 302. The van der Waals surface area contributed by atoms with Crippen molar-refractivity contribution in [2.75, 3.05) is 6.61 Å². The maximum Gasteiger partial charge on any atom is 0.264 e. The van der Waals surface area contributed by atoms with Gasteiger partial charge in [-0.3, -0.25) is 14.4 Å².